The van der Waals surface area contributed by atoms with Crippen LogP contribution in [0.2, 0.25) is 0 Å². The van der Waals surface area contributed by atoms with Crippen molar-refractivity contribution in [2.75, 3.05) is 12.8 Å². The van der Waals surface area contributed by atoms with E-state index in [1.807, 2.05) is 0 Å². The number of pyridine rings is 2. The Morgan fingerprint density at radius 1 is 1.07 bits per heavy atom. The molecule has 0 bridgehead atoms. The van der Waals surface area contributed by atoms with Gasteiger partial charge >= 0.3 is 6.55 Å². The van der Waals surface area contributed by atoms with Gasteiger partial charge < -0.3 is 5.73 Å². The number of aromatic nitrogens is 6. The average Bonchev–Trinajstić information content (AvgIpc) is 3.54. The van der Waals surface area contributed by atoms with Gasteiger partial charge in [-0.2, -0.15) is 19.0 Å². The number of nitrogens with zero attached hydrogens (tertiary/aromatic N) is 8. The molecule has 1 aromatic carbocycles. The summed E-state index contributed by atoms with van der Waals surface area (Å²) in [5.74, 6) is -0.301. The van der Waals surface area contributed by atoms with E-state index in [4.69, 9.17) is 5.73 Å². The second kappa shape index (κ2) is 9.67. The maximum absolute atomic E-state index is 13.9. The smallest absolute Gasteiger partial charge is 0.333 e. The standard InChI is InChI=1S/C27H25F2N9O2/c1-35-23-20-9-16(6-8-22(20)34-24(30)21(23)12-32-35)26(40)38(36(2)25(39)15-3-4-15)14-19-7-5-17(10-31-19)18-11-33-37(13-18)27(28)29/h5-13,15,27H,3-4,14H2,1-2H3,(H2,30,34). The lowest BCUT2D eigenvalue weighted by Crippen LogP contribution is -2.47. The molecule has 0 aliphatic heterocycles. The zero-order valence-electron chi connectivity index (χ0n) is 21.7. The van der Waals surface area contributed by atoms with Crippen molar-refractivity contribution in [1.82, 2.24) is 39.5 Å². The van der Waals surface area contributed by atoms with Crippen LogP contribution in [0.15, 0.2) is 55.1 Å². The molecule has 0 unspecified atom stereocenters. The molecule has 2 N–H and O–H groups in total. The van der Waals surface area contributed by atoms with Crippen LogP contribution in [0.5, 0.6) is 0 Å². The first kappa shape index (κ1) is 25.3. The zero-order valence-corrected chi connectivity index (χ0v) is 21.7. The van der Waals surface area contributed by atoms with E-state index in [1.165, 1.54) is 28.6 Å². The average molecular weight is 546 g/mol. The second-order valence-corrected chi connectivity index (χ2v) is 9.78. The van der Waals surface area contributed by atoms with Crippen LogP contribution >= 0.6 is 0 Å². The molecule has 11 nitrogen and oxygen atoms in total. The van der Waals surface area contributed by atoms with Crippen molar-refractivity contribution in [3.8, 4) is 11.1 Å². The fourth-order valence-corrected chi connectivity index (χ4v) is 4.70. The molecule has 0 spiro atoms. The number of nitrogens with two attached hydrogens (primary N) is 1. The number of nitrogen functional groups attached to an aromatic ring is 1. The van der Waals surface area contributed by atoms with Gasteiger partial charge in [-0.05, 0) is 37.1 Å². The van der Waals surface area contributed by atoms with Crippen molar-refractivity contribution >= 4 is 39.4 Å². The number of rotatable bonds is 6. The predicted octanol–water partition coefficient (Wildman–Crippen LogP) is 3.78. The molecule has 0 atom stereocenters. The van der Waals surface area contributed by atoms with Crippen molar-refractivity contribution < 1.29 is 18.4 Å². The monoisotopic (exact) mass is 545 g/mol. The van der Waals surface area contributed by atoms with Crippen molar-refractivity contribution in [3.63, 3.8) is 0 Å². The molecule has 4 heterocycles. The summed E-state index contributed by atoms with van der Waals surface area (Å²) in [5, 5.41) is 12.1. The van der Waals surface area contributed by atoms with Crippen molar-refractivity contribution in [2.24, 2.45) is 13.0 Å². The van der Waals surface area contributed by atoms with E-state index in [0.717, 1.165) is 18.4 Å². The summed E-state index contributed by atoms with van der Waals surface area (Å²) in [6.45, 7) is -2.72. The van der Waals surface area contributed by atoms with Crippen LogP contribution in [0.25, 0.3) is 32.9 Å². The number of carbonyl (C=O) groups excluding carboxylic acids is 2. The van der Waals surface area contributed by atoms with Crippen LogP contribution in [0, 0.1) is 5.92 Å². The molecule has 204 valence electrons. The Bertz CT molecular complexity index is 1760. The normalized spacial score (nSPS) is 13.3. The number of fused-ring (bicyclic) bond motifs is 3. The van der Waals surface area contributed by atoms with Gasteiger partial charge in [-0.25, -0.2) is 14.7 Å². The van der Waals surface area contributed by atoms with E-state index in [9.17, 15) is 18.4 Å². The number of carbonyl (C=O) groups is 2. The van der Waals surface area contributed by atoms with E-state index in [1.54, 1.807) is 55.3 Å². The Hall–Kier alpha value is -4.94. The zero-order chi connectivity index (χ0) is 28.1. The number of amides is 2. The lowest BCUT2D eigenvalue weighted by atomic mass is 10.1. The van der Waals surface area contributed by atoms with Crippen LogP contribution in [0.3, 0.4) is 0 Å². The van der Waals surface area contributed by atoms with Gasteiger partial charge in [-0.15, -0.1) is 0 Å². The van der Waals surface area contributed by atoms with Crippen LogP contribution in [-0.2, 0) is 18.4 Å². The molecule has 1 fully saturated rings. The summed E-state index contributed by atoms with van der Waals surface area (Å²) in [4.78, 5) is 35.8. The first-order valence-corrected chi connectivity index (χ1v) is 12.6. The SMILES string of the molecule is CN(C(=O)C1CC1)N(Cc1ccc(-c2cnn(C(F)F)c2)cn1)C(=O)c1ccc2nc(N)c3cnn(C)c3c2c1. The third-order valence-corrected chi connectivity index (χ3v) is 7.07. The highest BCUT2D eigenvalue weighted by Gasteiger charge is 2.36. The number of halogens is 2. The minimum atomic E-state index is -2.74. The molecule has 6 rings (SSSR count). The summed E-state index contributed by atoms with van der Waals surface area (Å²) in [6.07, 6.45) is 7.30. The summed E-state index contributed by atoms with van der Waals surface area (Å²) in [7, 11) is 3.37. The van der Waals surface area contributed by atoms with E-state index in [2.05, 4.69) is 20.2 Å². The number of aryl methyl sites for hydroxylation is 1. The molecule has 1 aliphatic rings. The highest BCUT2D eigenvalue weighted by Crippen LogP contribution is 2.32. The quantitative estimate of drug-likeness (QED) is 0.322. The number of hydrogen-bond acceptors (Lipinski definition) is 7. The Morgan fingerprint density at radius 3 is 2.55 bits per heavy atom. The Balaban J connectivity index is 1.33. The summed E-state index contributed by atoms with van der Waals surface area (Å²) in [5.41, 5.74) is 9.42. The largest absolute Gasteiger partial charge is 0.383 e. The number of anilines is 1. The van der Waals surface area contributed by atoms with E-state index in [0.29, 0.717) is 49.2 Å². The third-order valence-electron chi connectivity index (χ3n) is 7.07. The van der Waals surface area contributed by atoms with Crippen LogP contribution in [-0.4, -0.2) is 58.4 Å². The van der Waals surface area contributed by atoms with E-state index >= 15 is 0 Å². The third kappa shape index (κ3) is 4.48. The minimum absolute atomic E-state index is 0.0174. The van der Waals surface area contributed by atoms with Crippen LogP contribution in [0.4, 0.5) is 14.6 Å². The second-order valence-electron chi connectivity index (χ2n) is 9.78. The Morgan fingerprint density at radius 2 is 1.88 bits per heavy atom. The molecule has 4 aromatic heterocycles. The van der Waals surface area contributed by atoms with E-state index < -0.39 is 12.5 Å². The summed E-state index contributed by atoms with van der Waals surface area (Å²) in [6, 6.07) is 8.51. The maximum Gasteiger partial charge on any atom is 0.333 e. The number of hydrazine groups is 1. The van der Waals surface area contributed by atoms with Crippen molar-refractivity contribution in [1.29, 1.82) is 0 Å². The van der Waals surface area contributed by atoms with Gasteiger partial charge in [0, 0.05) is 54.5 Å². The summed E-state index contributed by atoms with van der Waals surface area (Å²) >= 11 is 0. The van der Waals surface area contributed by atoms with Gasteiger partial charge in [0.25, 0.3) is 5.91 Å². The number of hydrogen-bond donors (Lipinski definition) is 1. The lowest BCUT2D eigenvalue weighted by molar-refractivity contribution is -0.144. The lowest BCUT2D eigenvalue weighted by Gasteiger charge is -2.32. The van der Waals surface area contributed by atoms with Gasteiger partial charge in [-0.3, -0.25) is 24.3 Å². The topological polar surface area (TPSA) is 128 Å². The Kier molecular flexibility index (Phi) is 6.12. The molecule has 0 saturated heterocycles. The van der Waals surface area contributed by atoms with Gasteiger partial charge in [0.1, 0.15) is 5.82 Å². The molecule has 13 heteroatoms. The van der Waals surface area contributed by atoms with Gasteiger partial charge in [0.05, 0.1) is 41.1 Å². The van der Waals surface area contributed by atoms with Crippen LogP contribution < -0.4 is 5.73 Å². The van der Waals surface area contributed by atoms with Crippen LogP contribution in [0.1, 0.15) is 35.4 Å². The Labute approximate surface area is 226 Å². The maximum atomic E-state index is 13.9. The minimum Gasteiger partial charge on any atom is -0.383 e. The molecular formula is C27H25F2N9O2. The predicted molar refractivity (Wildman–Crippen MR) is 143 cm³/mol. The first-order chi connectivity index (χ1) is 19.2. The molecule has 5 aromatic rings. The molecule has 0 radical (unpaired) electrons. The fraction of sp³-hybridized carbons (Fsp3) is 0.259. The highest BCUT2D eigenvalue weighted by molar-refractivity contribution is 6.10. The molecule has 40 heavy (non-hydrogen) atoms. The molecule has 2 amide bonds. The number of alkyl halides is 2. The molecule has 1 aliphatic carbocycles. The molecule has 1 saturated carbocycles. The van der Waals surface area contributed by atoms with Gasteiger partial charge in [0.15, 0.2) is 0 Å². The van der Waals surface area contributed by atoms with Crippen molar-refractivity contribution in [3.05, 3.63) is 66.4 Å². The molecular weight excluding hydrogens is 520 g/mol. The fourth-order valence-electron chi connectivity index (χ4n) is 4.70. The van der Waals surface area contributed by atoms with Gasteiger partial charge in [0.2, 0.25) is 5.91 Å². The first-order valence-electron chi connectivity index (χ1n) is 12.6. The summed E-state index contributed by atoms with van der Waals surface area (Å²) < 4.78 is 28.1. The van der Waals surface area contributed by atoms with E-state index in [-0.39, 0.29) is 18.4 Å². The highest BCUT2D eigenvalue weighted by atomic mass is 19.3. The van der Waals surface area contributed by atoms with Gasteiger partial charge in [-0.1, -0.05) is 6.07 Å². The number of benzene rings is 1. The van der Waals surface area contributed by atoms with Crippen molar-refractivity contribution in [2.45, 2.75) is 25.9 Å².